The predicted octanol–water partition coefficient (Wildman–Crippen LogP) is 6.16. The second-order valence-corrected chi connectivity index (χ2v) is 8.38. The Morgan fingerprint density at radius 1 is 0.969 bits per heavy atom. The molecule has 1 N–H and O–H groups in total. The van der Waals surface area contributed by atoms with Crippen molar-refractivity contribution in [2.45, 2.75) is 71.3 Å². The lowest BCUT2D eigenvalue weighted by molar-refractivity contribution is 0.0953. The van der Waals surface area contributed by atoms with Crippen LogP contribution in [0.3, 0.4) is 0 Å². The highest BCUT2D eigenvalue weighted by molar-refractivity contribution is 5.94. The number of benzene rings is 2. The molecule has 0 unspecified atom stereocenters. The van der Waals surface area contributed by atoms with E-state index in [1.165, 1.54) is 50.5 Å². The van der Waals surface area contributed by atoms with Gasteiger partial charge in [-0.15, -0.1) is 0 Å². The number of nitrogens with one attached hydrogen (secondary N) is 1. The normalized spacial score (nSPS) is 11.1. The third kappa shape index (κ3) is 6.84. The van der Waals surface area contributed by atoms with E-state index in [2.05, 4.69) is 35.0 Å². The quantitative estimate of drug-likeness (QED) is 0.309. The van der Waals surface area contributed by atoms with Crippen molar-refractivity contribution in [3.8, 4) is 5.75 Å². The van der Waals surface area contributed by atoms with Gasteiger partial charge >= 0.3 is 0 Å². The summed E-state index contributed by atoms with van der Waals surface area (Å²) in [5.74, 6) is 1.74. The molecule has 0 aliphatic heterocycles. The number of aryl methyl sites for hydroxylation is 2. The second-order valence-electron chi connectivity index (χ2n) is 8.38. The average Bonchev–Trinajstić information content (AvgIpc) is 3.18. The van der Waals surface area contributed by atoms with Gasteiger partial charge in [-0.05, 0) is 43.2 Å². The zero-order valence-electron chi connectivity index (χ0n) is 19.6. The van der Waals surface area contributed by atoms with E-state index in [4.69, 9.17) is 9.72 Å². The number of hydrogen-bond donors (Lipinski definition) is 1. The molecule has 1 aromatic heterocycles. The van der Waals surface area contributed by atoms with E-state index in [-0.39, 0.29) is 5.91 Å². The van der Waals surface area contributed by atoms with Gasteiger partial charge in [-0.1, -0.05) is 63.6 Å². The Bertz CT molecular complexity index is 980. The van der Waals surface area contributed by atoms with E-state index in [9.17, 15) is 4.79 Å². The summed E-state index contributed by atoms with van der Waals surface area (Å²) in [5, 5.41) is 3.02. The van der Waals surface area contributed by atoms with E-state index < -0.39 is 0 Å². The van der Waals surface area contributed by atoms with Crippen molar-refractivity contribution >= 4 is 16.9 Å². The van der Waals surface area contributed by atoms with Crippen molar-refractivity contribution in [2.24, 2.45) is 0 Å². The van der Waals surface area contributed by atoms with Gasteiger partial charge in [-0.2, -0.15) is 0 Å². The summed E-state index contributed by atoms with van der Waals surface area (Å²) in [5.41, 5.74) is 2.90. The Labute approximate surface area is 192 Å². The van der Waals surface area contributed by atoms with Gasteiger partial charge in [0.25, 0.3) is 5.91 Å². The first kappa shape index (κ1) is 23.8. The van der Waals surface area contributed by atoms with Crippen LogP contribution in [0, 0.1) is 0 Å². The Morgan fingerprint density at radius 2 is 1.75 bits per heavy atom. The molecule has 0 aliphatic carbocycles. The molecule has 1 amide bonds. The van der Waals surface area contributed by atoms with E-state index in [1.54, 1.807) is 19.2 Å². The number of para-hydroxylation sites is 2. The third-order valence-corrected chi connectivity index (χ3v) is 5.91. The minimum absolute atomic E-state index is 0.0690. The standard InChI is InChI=1S/C27H37N3O2/c1-3-4-5-6-7-8-11-20-30-25-17-10-9-16-24(25)29-26(30)18-13-19-28-27(31)22-14-12-15-23(21-22)32-2/h9-10,12,14-17,21H,3-8,11,13,18-20H2,1-2H3,(H,28,31). The summed E-state index contributed by atoms with van der Waals surface area (Å²) < 4.78 is 7.58. The number of fused-ring (bicyclic) bond motifs is 1. The van der Waals surface area contributed by atoms with Crippen molar-refractivity contribution in [2.75, 3.05) is 13.7 Å². The molecule has 3 aromatic rings. The van der Waals surface area contributed by atoms with E-state index in [1.807, 2.05) is 18.2 Å². The fourth-order valence-electron chi connectivity index (χ4n) is 4.11. The molecule has 0 fully saturated rings. The molecule has 0 saturated carbocycles. The third-order valence-electron chi connectivity index (χ3n) is 5.91. The summed E-state index contributed by atoms with van der Waals surface area (Å²) in [6, 6.07) is 15.6. The zero-order valence-corrected chi connectivity index (χ0v) is 19.6. The summed E-state index contributed by atoms with van der Waals surface area (Å²) in [4.78, 5) is 17.3. The maximum Gasteiger partial charge on any atom is 0.251 e. The lowest BCUT2D eigenvalue weighted by atomic mass is 10.1. The van der Waals surface area contributed by atoms with Crippen LogP contribution in [-0.2, 0) is 13.0 Å². The van der Waals surface area contributed by atoms with Crippen molar-refractivity contribution in [1.29, 1.82) is 0 Å². The van der Waals surface area contributed by atoms with Crippen LogP contribution in [0.15, 0.2) is 48.5 Å². The molecule has 0 spiro atoms. The van der Waals surface area contributed by atoms with Crippen LogP contribution in [0.5, 0.6) is 5.75 Å². The summed E-state index contributed by atoms with van der Waals surface area (Å²) in [6.07, 6.45) is 10.8. The molecule has 5 nitrogen and oxygen atoms in total. The number of rotatable bonds is 14. The lowest BCUT2D eigenvalue weighted by Gasteiger charge is -2.10. The van der Waals surface area contributed by atoms with Gasteiger partial charge in [-0.25, -0.2) is 4.98 Å². The fourth-order valence-corrected chi connectivity index (χ4v) is 4.11. The minimum atomic E-state index is -0.0690. The highest BCUT2D eigenvalue weighted by atomic mass is 16.5. The number of nitrogens with zero attached hydrogens (tertiary/aromatic N) is 2. The van der Waals surface area contributed by atoms with Gasteiger partial charge in [0, 0.05) is 25.1 Å². The number of ether oxygens (including phenoxy) is 1. The van der Waals surface area contributed by atoms with Crippen LogP contribution in [0.25, 0.3) is 11.0 Å². The number of hydrogen-bond acceptors (Lipinski definition) is 3. The van der Waals surface area contributed by atoms with Crippen molar-refractivity contribution in [3.63, 3.8) is 0 Å². The van der Waals surface area contributed by atoms with Crippen LogP contribution in [0.1, 0.15) is 74.5 Å². The molecule has 32 heavy (non-hydrogen) atoms. The second kappa shape index (κ2) is 12.9. The number of aromatic nitrogens is 2. The first-order valence-corrected chi connectivity index (χ1v) is 12.1. The largest absolute Gasteiger partial charge is 0.497 e. The number of amides is 1. The summed E-state index contributed by atoms with van der Waals surface area (Å²) in [7, 11) is 1.61. The smallest absolute Gasteiger partial charge is 0.251 e. The molecule has 172 valence electrons. The van der Waals surface area contributed by atoms with Crippen molar-refractivity contribution < 1.29 is 9.53 Å². The van der Waals surface area contributed by atoms with E-state index in [0.717, 1.165) is 30.7 Å². The van der Waals surface area contributed by atoms with Crippen LogP contribution in [0.4, 0.5) is 0 Å². The molecular weight excluding hydrogens is 398 g/mol. The molecule has 0 aliphatic rings. The van der Waals surface area contributed by atoms with Gasteiger partial charge in [0.1, 0.15) is 11.6 Å². The maximum absolute atomic E-state index is 12.4. The Hall–Kier alpha value is -2.82. The number of methoxy groups -OCH3 is 1. The molecule has 1 heterocycles. The predicted molar refractivity (Wildman–Crippen MR) is 131 cm³/mol. The van der Waals surface area contributed by atoms with E-state index in [0.29, 0.717) is 17.9 Å². The average molecular weight is 436 g/mol. The number of unbranched alkanes of at least 4 members (excludes halogenated alkanes) is 6. The Balaban J connectivity index is 1.51. The van der Waals surface area contributed by atoms with E-state index >= 15 is 0 Å². The van der Waals surface area contributed by atoms with Crippen molar-refractivity contribution in [3.05, 3.63) is 59.9 Å². The first-order chi connectivity index (χ1) is 15.7. The summed E-state index contributed by atoms with van der Waals surface area (Å²) >= 11 is 0. The maximum atomic E-state index is 12.4. The van der Waals surface area contributed by atoms with Gasteiger partial charge < -0.3 is 14.6 Å². The summed E-state index contributed by atoms with van der Waals surface area (Å²) in [6.45, 7) is 3.90. The van der Waals surface area contributed by atoms with Crippen LogP contribution in [-0.4, -0.2) is 29.1 Å². The highest BCUT2D eigenvalue weighted by Crippen LogP contribution is 2.19. The minimum Gasteiger partial charge on any atom is -0.497 e. The van der Waals surface area contributed by atoms with Crippen LogP contribution in [0.2, 0.25) is 0 Å². The molecule has 3 rings (SSSR count). The molecule has 0 atom stereocenters. The highest BCUT2D eigenvalue weighted by Gasteiger charge is 2.11. The van der Waals surface area contributed by atoms with Gasteiger partial charge in [0.15, 0.2) is 0 Å². The molecule has 0 radical (unpaired) electrons. The SMILES string of the molecule is CCCCCCCCCn1c(CCCNC(=O)c2cccc(OC)c2)nc2ccccc21. The molecule has 2 aromatic carbocycles. The van der Waals surface area contributed by atoms with Crippen LogP contribution < -0.4 is 10.1 Å². The van der Waals surface area contributed by atoms with Gasteiger partial charge in [0.2, 0.25) is 0 Å². The monoisotopic (exact) mass is 435 g/mol. The topological polar surface area (TPSA) is 56.2 Å². The molecular formula is C27H37N3O2. The lowest BCUT2D eigenvalue weighted by Crippen LogP contribution is -2.25. The van der Waals surface area contributed by atoms with Crippen molar-refractivity contribution in [1.82, 2.24) is 14.9 Å². The Kier molecular flexibility index (Phi) is 9.60. The zero-order chi connectivity index (χ0) is 22.6. The number of imidazole rings is 1. The number of carbonyl (C=O) groups excluding carboxylic acids is 1. The molecule has 0 bridgehead atoms. The number of carbonyl (C=O) groups is 1. The molecule has 0 saturated heterocycles. The fraction of sp³-hybridized carbons (Fsp3) is 0.481. The first-order valence-electron chi connectivity index (χ1n) is 12.1. The van der Waals surface area contributed by atoms with Crippen LogP contribution >= 0.6 is 0 Å². The molecule has 5 heteroatoms. The Morgan fingerprint density at radius 3 is 2.56 bits per heavy atom. The van der Waals surface area contributed by atoms with Gasteiger partial charge in [0.05, 0.1) is 18.1 Å². The van der Waals surface area contributed by atoms with Gasteiger partial charge in [-0.3, -0.25) is 4.79 Å².